The van der Waals surface area contributed by atoms with Crippen LogP contribution in [0.3, 0.4) is 0 Å². The lowest BCUT2D eigenvalue weighted by Gasteiger charge is -2.39. The van der Waals surface area contributed by atoms with Gasteiger partial charge in [0.15, 0.2) is 5.78 Å². The fraction of sp³-hybridized carbons (Fsp3) is 0.458. The molecule has 1 unspecified atom stereocenters. The molecule has 156 valence electrons. The van der Waals surface area contributed by atoms with Crippen LogP contribution in [0.2, 0.25) is 0 Å². The van der Waals surface area contributed by atoms with E-state index in [1.165, 1.54) is 5.56 Å². The summed E-state index contributed by atoms with van der Waals surface area (Å²) in [7, 11) is 4.06. The highest BCUT2D eigenvalue weighted by Crippen LogP contribution is 2.30. The van der Waals surface area contributed by atoms with Crippen LogP contribution in [0.15, 0.2) is 54.6 Å². The highest BCUT2D eigenvalue weighted by atomic mass is 32.2. The third kappa shape index (κ3) is 5.21. The van der Waals surface area contributed by atoms with E-state index < -0.39 is 5.54 Å². The molecular formula is C24H32N2O2S. The number of anilines is 1. The van der Waals surface area contributed by atoms with Crippen LogP contribution in [0, 0.1) is 0 Å². The minimum Gasteiger partial charge on any atom is -0.378 e. The molecule has 3 rings (SSSR count). The molecule has 4 nitrogen and oxygen atoms in total. The lowest BCUT2D eigenvalue weighted by Crippen LogP contribution is -2.53. The molecule has 1 heterocycles. The Bertz CT molecular complexity index is 773. The van der Waals surface area contributed by atoms with Crippen molar-refractivity contribution in [1.82, 2.24) is 4.90 Å². The summed E-state index contributed by atoms with van der Waals surface area (Å²) in [6.07, 6.45) is 3.64. The highest BCUT2D eigenvalue weighted by molar-refractivity contribution is 7.98. The summed E-state index contributed by atoms with van der Waals surface area (Å²) in [5.74, 6) is 1.15. The van der Waals surface area contributed by atoms with Crippen molar-refractivity contribution in [3.63, 3.8) is 0 Å². The van der Waals surface area contributed by atoms with Gasteiger partial charge in [-0.05, 0) is 68.8 Å². The molecule has 0 N–H and O–H groups in total. The van der Waals surface area contributed by atoms with Crippen LogP contribution in [-0.4, -0.2) is 68.6 Å². The van der Waals surface area contributed by atoms with Crippen molar-refractivity contribution in [3.8, 4) is 0 Å². The SMILES string of the molecule is CSCCC(Cc1ccccc1)(C(=O)c1ccc(N2CCOCC2)cc1)N(C)C. The van der Waals surface area contributed by atoms with Gasteiger partial charge in [-0.1, -0.05) is 30.3 Å². The fourth-order valence-corrected chi connectivity index (χ4v) is 4.53. The third-order valence-electron chi connectivity index (χ3n) is 5.84. The van der Waals surface area contributed by atoms with Crippen molar-refractivity contribution >= 4 is 23.2 Å². The van der Waals surface area contributed by atoms with E-state index in [9.17, 15) is 4.79 Å². The van der Waals surface area contributed by atoms with Crippen molar-refractivity contribution in [2.24, 2.45) is 0 Å². The van der Waals surface area contributed by atoms with Crippen LogP contribution in [0.25, 0.3) is 0 Å². The molecule has 1 atom stereocenters. The zero-order valence-electron chi connectivity index (χ0n) is 17.8. The highest BCUT2D eigenvalue weighted by Gasteiger charge is 2.40. The average Bonchev–Trinajstić information content (AvgIpc) is 2.77. The first-order valence-electron chi connectivity index (χ1n) is 10.2. The molecule has 0 saturated carbocycles. The van der Waals surface area contributed by atoms with Crippen LogP contribution in [0.4, 0.5) is 5.69 Å². The van der Waals surface area contributed by atoms with Gasteiger partial charge in [0.25, 0.3) is 0 Å². The summed E-state index contributed by atoms with van der Waals surface area (Å²) in [5, 5.41) is 0. The van der Waals surface area contributed by atoms with Gasteiger partial charge < -0.3 is 9.64 Å². The molecule has 0 bridgehead atoms. The number of benzene rings is 2. The van der Waals surface area contributed by atoms with Gasteiger partial charge >= 0.3 is 0 Å². The zero-order valence-corrected chi connectivity index (χ0v) is 18.6. The Balaban J connectivity index is 1.88. The van der Waals surface area contributed by atoms with Crippen molar-refractivity contribution in [1.29, 1.82) is 0 Å². The maximum absolute atomic E-state index is 13.8. The molecule has 2 aromatic rings. The van der Waals surface area contributed by atoms with E-state index in [2.05, 4.69) is 40.3 Å². The van der Waals surface area contributed by atoms with E-state index in [1.54, 1.807) is 11.8 Å². The number of nitrogens with zero attached hydrogens (tertiary/aromatic N) is 2. The molecule has 1 saturated heterocycles. The van der Waals surface area contributed by atoms with Crippen LogP contribution in [0.5, 0.6) is 0 Å². The van der Waals surface area contributed by atoms with Gasteiger partial charge in [-0.3, -0.25) is 9.69 Å². The first-order chi connectivity index (χ1) is 14.1. The molecule has 1 fully saturated rings. The minimum absolute atomic E-state index is 0.203. The predicted octanol–water partition coefficient (Wildman–Crippen LogP) is 4.00. The number of carbonyl (C=O) groups excluding carboxylic acids is 1. The smallest absolute Gasteiger partial charge is 0.183 e. The Morgan fingerprint density at radius 1 is 1.07 bits per heavy atom. The second-order valence-corrected chi connectivity index (χ2v) is 8.79. The summed E-state index contributed by atoms with van der Waals surface area (Å²) in [6, 6.07) is 18.5. The summed E-state index contributed by atoms with van der Waals surface area (Å²) in [6.45, 7) is 3.32. The second kappa shape index (κ2) is 10.3. The number of hydrogen-bond donors (Lipinski definition) is 0. The van der Waals surface area contributed by atoms with Gasteiger partial charge in [0.2, 0.25) is 0 Å². The van der Waals surface area contributed by atoms with Crippen LogP contribution in [-0.2, 0) is 11.2 Å². The van der Waals surface area contributed by atoms with Gasteiger partial charge in [0.05, 0.1) is 18.8 Å². The number of ketones is 1. The number of Topliss-reactive ketones (excluding diaryl/α,β-unsaturated/α-hetero) is 1. The van der Waals surface area contributed by atoms with E-state index in [4.69, 9.17) is 4.74 Å². The van der Waals surface area contributed by atoms with Crippen molar-refractivity contribution in [2.45, 2.75) is 18.4 Å². The lowest BCUT2D eigenvalue weighted by molar-refractivity contribution is 0.0669. The zero-order chi connectivity index (χ0) is 20.7. The molecule has 5 heteroatoms. The van der Waals surface area contributed by atoms with E-state index in [0.717, 1.165) is 49.7 Å². The normalized spacial score (nSPS) is 16.6. The van der Waals surface area contributed by atoms with E-state index in [-0.39, 0.29) is 5.78 Å². The molecular weight excluding hydrogens is 380 g/mol. The molecule has 1 aliphatic heterocycles. The number of ether oxygens (including phenoxy) is 1. The second-order valence-electron chi connectivity index (χ2n) is 7.81. The maximum Gasteiger partial charge on any atom is 0.183 e. The topological polar surface area (TPSA) is 32.8 Å². The molecule has 0 aromatic heterocycles. The van der Waals surface area contributed by atoms with E-state index in [0.29, 0.717) is 6.42 Å². The van der Waals surface area contributed by atoms with Gasteiger partial charge in [-0.25, -0.2) is 0 Å². The Kier molecular flexibility index (Phi) is 7.76. The quantitative estimate of drug-likeness (QED) is 0.581. The van der Waals surface area contributed by atoms with Gasteiger partial charge in [0.1, 0.15) is 0 Å². The molecule has 0 spiro atoms. The van der Waals surface area contributed by atoms with Crippen molar-refractivity contribution in [2.75, 3.05) is 57.3 Å². The summed E-state index contributed by atoms with van der Waals surface area (Å²) in [5.41, 5.74) is 2.59. The molecule has 1 aliphatic rings. The van der Waals surface area contributed by atoms with Gasteiger partial charge in [-0.15, -0.1) is 0 Å². The average molecular weight is 413 g/mol. The Morgan fingerprint density at radius 2 is 1.72 bits per heavy atom. The van der Waals surface area contributed by atoms with Crippen molar-refractivity contribution < 1.29 is 9.53 Å². The number of morpholine rings is 1. The first-order valence-corrected chi connectivity index (χ1v) is 11.6. The first kappa shape index (κ1) is 21.9. The third-order valence-corrected chi connectivity index (χ3v) is 6.46. The van der Waals surface area contributed by atoms with Crippen LogP contribution in [0.1, 0.15) is 22.3 Å². The van der Waals surface area contributed by atoms with Gasteiger partial charge in [0, 0.05) is 24.3 Å². The van der Waals surface area contributed by atoms with Crippen LogP contribution < -0.4 is 4.90 Å². The number of thioether (sulfide) groups is 1. The molecule has 0 amide bonds. The number of likely N-dealkylation sites (N-methyl/N-ethyl adjacent to an activating group) is 1. The van der Waals surface area contributed by atoms with Crippen LogP contribution >= 0.6 is 11.8 Å². The Hall–Kier alpha value is -1.82. The predicted molar refractivity (Wildman–Crippen MR) is 123 cm³/mol. The summed E-state index contributed by atoms with van der Waals surface area (Å²) in [4.78, 5) is 18.3. The molecule has 0 radical (unpaired) electrons. The van der Waals surface area contributed by atoms with Crippen molar-refractivity contribution in [3.05, 3.63) is 65.7 Å². The molecule has 2 aromatic carbocycles. The Labute approximate surface area is 179 Å². The number of hydrogen-bond acceptors (Lipinski definition) is 5. The fourth-order valence-electron chi connectivity index (χ4n) is 3.99. The van der Waals surface area contributed by atoms with E-state index in [1.807, 2.05) is 44.4 Å². The lowest BCUT2D eigenvalue weighted by atomic mass is 9.80. The summed E-state index contributed by atoms with van der Waals surface area (Å²) < 4.78 is 5.45. The molecule has 29 heavy (non-hydrogen) atoms. The number of rotatable bonds is 9. The largest absolute Gasteiger partial charge is 0.378 e. The monoisotopic (exact) mass is 412 g/mol. The summed E-state index contributed by atoms with van der Waals surface area (Å²) >= 11 is 1.79. The maximum atomic E-state index is 13.8. The Morgan fingerprint density at radius 3 is 2.31 bits per heavy atom. The molecule has 0 aliphatic carbocycles. The number of carbonyl (C=O) groups is 1. The minimum atomic E-state index is -0.551. The standard InChI is InChI=1S/C24H32N2O2S/c1-25(2)24(13-18-29-3,19-20-7-5-4-6-8-20)23(27)21-9-11-22(12-10-21)26-14-16-28-17-15-26/h4-12H,13-19H2,1-3H3. The van der Waals surface area contributed by atoms with E-state index >= 15 is 0 Å². The van der Waals surface area contributed by atoms with Gasteiger partial charge in [-0.2, -0.15) is 11.8 Å².